The second-order valence-corrected chi connectivity index (χ2v) is 10.2. The van der Waals surface area contributed by atoms with E-state index >= 15 is 0 Å². The number of sulfonamides is 1. The second-order valence-electron chi connectivity index (χ2n) is 8.53. The first-order chi connectivity index (χ1) is 15.4. The molecular weight excluding hydrogens is 428 g/mol. The summed E-state index contributed by atoms with van der Waals surface area (Å²) >= 11 is 0. The Kier molecular flexibility index (Phi) is 7.13. The van der Waals surface area contributed by atoms with Crippen LogP contribution < -0.4 is 14.8 Å². The van der Waals surface area contributed by atoms with Crippen LogP contribution in [-0.4, -0.2) is 39.7 Å². The van der Waals surface area contributed by atoms with Crippen molar-refractivity contribution >= 4 is 21.6 Å². The van der Waals surface area contributed by atoms with Gasteiger partial charge in [0, 0.05) is 19.1 Å². The van der Waals surface area contributed by atoms with Gasteiger partial charge in [-0.25, -0.2) is 13.1 Å². The zero-order valence-electron chi connectivity index (χ0n) is 18.3. The Hall–Kier alpha value is -2.42. The quantitative estimate of drug-likeness (QED) is 0.568. The molecule has 2 aromatic carbocycles. The summed E-state index contributed by atoms with van der Waals surface area (Å²) in [7, 11) is -3.46. The SMILES string of the molecule is Cc1ccc(NC(=O)CCc2ccc(S(=O)(=O)NC3CC3)cc2)c(OCC2CCCO2)c1. The lowest BCUT2D eigenvalue weighted by Gasteiger charge is -2.16. The average molecular weight is 459 g/mol. The number of rotatable bonds is 10. The molecule has 1 amide bonds. The van der Waals surface area contributed by atoms with Crippen molar-refractivity contribution < 1.29 is 22.7 Å². The van der Waals surface area contributed by atoms with Crippen molar-refractivity contribution in [1.82, 2.24) is 4.72 Å². The number of aryl methyl sites for hydroxylation is 2. The summed E-state index contributed by atoms with van der Waals surface area (Å²) in [5.41, 5.74) is 2.60. The minimum absolute atomic E-state index is 0.0738. The monoisotopic (exact) mass is 458 g/mol. The van der Waals surface area contributed by atoms with Crippen LogP contribution in [0.25, 0.3) is 0 Å². The van der Waals surface area contributed by atoms with Gasteiger partial charge in [-0.05, 0) is 74.4 Å². The Morgan fingerprint density at radius 1 is 1.12 bits per heavy atom. The van der Waals surface area contributed by atoms with Crippen molar-refractivity contribution in [3.05, 3.63) is 53.6 Å². The van der Waals surface area contributed by atoms with E-state index in [0.29, 0.717) is 24.5 Å². The molecule has 1 aliphatic carbocycles. The van der Waals surface area contributed by atoms with Crippen LogP contribution in [0.5, 0.6) is 5.75 Å². The molecule has 2 aliphatic rings. The van der Waals surface area contributed by atoms with E-state index in [9.17, 15) is 13.2 Å². The zero-order chi connectivity index (χ0) is 22.6. The molecule has 1 saturated carbocycles. The van der Waals surface area contributed by atoms with Crippen LogP contribution in [0.1, 0.15) is 43.2 Å². The predicted octanol–water partition coefficient (Wildman–Crippen LogP) is 3.56. The number of amides is 1. The summed E-state index contributed by atoms with van der Waals surface area (Å²) in [6, 6.07) is 12.5. The first-order valence-corrected chi connectivity index (χ1v) is 12.6. The highest BCUT2D eigenvalue weighted by atomic mass is 32.2. The highest BCUT2D eigenvalue weighted by Crippen LogP contribution is 2.27. The molecule has 1 saturated heterocycles. The molecule has 1 aliphatic heterocycles. The molecule has 2 N–H and O–H groups in total. The molecule has 1 atom stereocenters. The fourth-order valence-electron chi connectivity index (χ4n) is 3.61. The Morgan fingerprint density at radius 3 is 2.59 bits per heavy atom. The van der Waals surface area contributed by atoms with Crippen LogP contribution in [0.3, 0.4) is 0 Å². The third-order valence-electron chi connectivity index (χ3n) is 5.63. The Balaban J connectivity index is 1.30. The number of hydrogen-bond donors (Lipinski definition) is 2. The molecule has 32 heavy (non-hydrogen) atoms. The standard InChI is InChI=1S/C24H30N2O5S/c1-17-4-12-22(23(15-17)31-16-20-3-2-14-30-20)25-24(27)13-7-18-5-10-21(11-6-18)32(28,29)26-19-8-9-19/h4-6,10-12,15,19-20,26H,2-3,7-9,13-14,16H2,1H3,(H,25,27). The van der Waals surface area contributed by atoms with Gasteiger partial charge in [-0.15, -0.1) is 0 Å². The maximum absolute atomic E-state index is 12.5. The molecule has 0 bridgehead atoms. The van der Waals surface area contributed by atoms with Crippen molar-refractivity contribution in [3.8, 4) is 5.75 Å². The van der Waals surface area contributed by atoms with Crippen LogP contribution in [0.4, 0.5) is 5.69 Å². The van der Waals surface area contributed by atoms with Gasteiger partial charge < -0.3 is 14.8 Å². The van der Waals surface area contributed by atoms with E-state index < -0.39 is 10.0 Å². The average Bonchev–Trinajstić information content (AvgIpc) is 3.41. The molecule has 8 heteroatoms. The Labute approximate surface area is 189 Å². The first-order valence-electron chi connectivity index (χ1n) is 11.2. The van der Waals surface area contributed by atoms with Crippen LogP contribution >= 0.6 is 0 Å². The molecule has 0 aromatic heterocycles. The first kappa shape index (κ1) is 22.8. The van der Waals surface area contributed by atoms with Gasteiger partial charge in [0.05, 0.1) is 16.7 Å². The van der Waals surface area contributed by atoms with Crippen LogP contribution in [0.15, 0.2) is 47.4 Å². The van der Waals surface area contributed by atoms with E-state index in [1.54, 1.807) is 24.3 Å². The molecule has 4 rings (SSSR count). The summed E-state index contributed by atoms with van der Waals surface area (Å²) in [4.78, 5) is 12.8. The summed E-state index contributed by atoms with van der Waals surface area (Å²) in [5, 5.41) is 2.94. The van der Waals surface area contributed by atoms with Gasteiger partial charge in [0.15, 0.2) is 0 Å². The molecule has 0 radical (unpaired) electrons. The maximum atomic E-state index is 12.5. The van der Waals surface area contributed by atoms with E-state index in [2.05, 4.69) is 10.0 Å². The topological polar surface area (TPSA) is 93.7 Å². The molecule has 2 fully saturated rings. The lowest BCUT2D eigenvalue weighted by atomic mass is 10.1. The number of ether oxygens (including phenoxy) is 2. The normalized spacial score (nSPS) is 18.5. The van der Waals surface area contributed by atoms with Crippen molar-refractivity contribution in [1.29, 1.82) is 0 Å². The van der Waals surface area contributed by atoms with Crippen molar-refractivity contribution in [2.75, 3.05) is 18.5 Å². The van der Waals surface area contributed by atoms with Gasteiger partial charge in [0.25, 0.3) is 0 Å². The van der Waals surface area contributed by atoms with E-state index in [4.69, 9.17) is 9.47 Å². The summed E-state index contributed by atoms with van der Waals surface area (Å²) in [6.07, 6.45) is 4.74. The summed E-state index contributed by atoms with van der Waals surface area (Å²) < 4.78 is 38.7. The van der Waals surface area contributed by atoms with Crippen molar-refractivity contribution in [3.63, 3.8) is 0 Å². The van der Waals surface area contributed by atoms with Crippen LogP contribution in [0.2, 0.25) is 0 Å². The lowest BCUT2D eigenvalue weighted by molar-refractivity contribution is -0.116. The summed E-state index contributed by atoms with van der Waals surface area (Å²) in [6.45, 7) is 3.22. The van der Waals surface area contributed by atoms with E-state index in [1.807, 2.05) is 25.1 Å². The number of carbonyl (C=O) groups is 1. The molecule has 1 unspecified atom stereocenters. The largest absolute Gasteiger partial charge is 0.489 e. The fraction of sp³-hybridized carbons (Fsp3) is 0.458. The minimum Gasteiger partial charge on any atom is -0.489 e. The fourth-order valence-corrected chi connectivity index (χ4v) is 4.91. The van der Waals surface area contributed by atoms with E-state index in [-0.39, 0.29) is 29.4 Å². The van der Waals surface area contributed by atoms with Crippen molar-refractivity contribution in [2.24, 2.45) is 0 Å². The molecule has 1 heterocycles. The third-order valence-corrected chi connectivity index (χ3v) is 7.17. The summed E-state index contributed by atoms with van der Waals surface area (Å²) in [5.74, 6) is 0.523. The van der Waals surface area contributed by atoms with Gasteiger partial charge in [0.2, 0.25) is 15.9 Å². The van der Waals surface area contributed by atoms with Crippen LogP contribution in [0, 0.1) is 6.92 Å². The van der Waals surface area contributed by atoms with Gasteiger partial charge in [-0.2, -0.15) is 0 Å². The highest BCUT2D eigenvalue weighted by Gasteiger charge is 2.27. The van der Waals surface area contributed by atoms with Crippen molar-refractivity contribution in [2.45, 2.75) is 62.5 Å². The third kappa shape index (κ3) is 6.31. The molecule has 0 spiro atoms. The number of anilines is 1. The minimum atomic E-state index is -3.46. The number of nitrogens with one attached hydrogen (secondary N) is 2. The smallest absolute Gasteiger partial charge is 0.240 e. The molecule has 172 valence electrons. The lowest BCUT2D eigenvalue weighted by Crippen LogP contribution is -2.25. The van der Waals surface area contributed by atoms with E-state index in [0.717, 1.165) is 43.4 Å². The van der Waals surface area contributed by atoms with Gasteiger partial charge in [-0.1, -0.05) is 18.2 Å². The zero-order valence-corrected chi connectivity index (χ0v) is 19.1. The van der Waals surface area contributed by atoms with Gasteiger partial charge in [0.1, 0.15) is 12.4 Å². The maximum Gasteiger partial charge on any atom is 0.240 e. The van der Waals surface area contributed by atoms with Gasteiger partial charge in [-0.3, -0.25) is 4.79 Å². The number of hydrogen-bond acceptors (Lipinski definition) is 5. The molecule has 7 nitrogen and oxygen atoms in total. The Bertz CT molecular complexity index is 1040. The van der Waals surface area contributed by atoms with Gasteiger partial charge >= 0.3 is 0 Å². The Morgan fingerprint density at radius 2 is 1.91 bits per heavy atom. The second kappa shape index (κ2) is 10.0. The van der Waals surface area contributed by atoms with E-state index in [1.165, 1.54) is 0 Å². The predicted molar refractivity (Wildman–Crippen MR) is 122 cm³/mol. The number of benzene rings is 2. The molecule has 2 aromatic rings. The number of carbonyl (C=O) groups excluding carboxylic acids is 1. The van der Waals surface area contributed by atoms with Crippen LogP contribution in [-0.2, 0) is 26.0 Å². The highest BCUT2D eigenvalue weighted by molar-refractivity contribution is 7.89. The molecular formula is C24H30N2O5S.